The molecular weight excluding hydrogens is 366 g/mol. The Morgan fingerprint density at radius 1 is 1.31 bits per heavy atom. The normalized spacial score (nSPS) is 32.1. The molecule has 5 unspecified atom stereocenters. The van der Waals surface area contributed by atoms with Crippen molar-refractivity contribution in [3.05, 3.63) is 35.5 Å². The maximum Gasteiger partial charge on any atom is 0.235 e. The zero-order chi connectivity index (χ0) is 21.8. The molecule has 0 aromatic rings. The number of carbonyl (C=O) groups excluding carboxylic acids is 4. The molecule has 5 atom stereocenters. The zero-order valence-corrected chi connectivity index (χ0v) is 18.1. The predicted octanol–water partition coefficient (Wildman–Crippen LogP) is 3.60. The lowest BCUT2D eigenvalue weighted by atomic mass is 9.55. The van der Waals surface area contributed by atoms with E-state index < -0.39 is 11.3 Å². The van der Waals surface area contributed by atoms with E-state index >= 15 is 0 Å². The largest absolute Gasteiger partial charge is 0.352 e. The Labute approximate surface area is 173 Å². The molecule has 0 aromatic heterocycles. The van der Waals surface area contributed by atoms with Crippen LogP contribution < -0.4 is 5.32 Å². The third kappa shape index (κ3) is 4.34. The van der Waals surface area contributed by atoms with E-state index in [-0.39, 0.29) is 29.6 Å². The van der Waals surface area contributed by atoms with E-state index in [9.17, 15) is 19.2 Å². The van der Waals surface area contributed by atoms with Gasteiger partial charge in [0, 0.05) is 24.3 Å². The molecule has 1 aliphatic heterocycles. The van der Waals surface area contributed by atoms with Gasteiger partial charge in [0.2, 0.25) is 5.91 Å². The van der Waals surface area contributed by atoms with Gasteiger partial charge in [0.1, 0.15) is 18.0 Å². The van der Waals surface area contributed by atoms with Crippen LogP contribution in [-0.4, -0.2) is 30.3 Å². The van der Waals surface area contributed by atoms with Crippen LogP contribution in [0, 0.1) is 29.1 Å². The number of ketones is 1. The summed E-state index contributed by atoms with van der Waals surface area (Å²) < 4.78 is 0. The van der Waals surface area contributed by atoms with Crippen molar-refractivity contribution in [3.63, 3.8) is 0 Å². The van der Waals surface area contributed by atoms with Gasteiger partial charge in [0.05, 0.1) is 0 Å². The molecular formula is C24H33NO4. The van der Waals surface area contributed by atoms with Gasteiger partial charge in [-0.1, -0.05) is 44.1 Å². The number of nitrogens with one attached hydrogen (secondary N) is 1. The van der Waals surface area contributed by atoms with E-state index in [1.165, 1.54) is 12.2 Å². The van der Waals surface area contributed by atoms with Gasteiger partial charge in [-0.15, -0.1) is 0 Å². The molecule has 5 heteroatoms. The highest BCUT2D eigenvalue weighted by atomic mass is 16.2. The lowest BCUT2D eigenvalue weighted by Crippen LogP contribution is -2.51. The van der Waals surface area contributed by atoms with Gasteiger partial charge in [0.25, 0.3) is 0 Å². The molecule has 1 fully saturated rings. The molecule has 1 saturated heterocycles. The molecule has 0 saturated carbocycles. The number of aldehydes is 2. The summed E-state index contributed by atoms with van der Waals surface area (Å²) in [6.07, 6.45) is 9.65. The molecule has 2 rings (SSSR count). The van der Waals surface area contributed by atoms with Crippen LogP contribution in [0.25, 0.3) is 0 Å². The van der Waals surface area contributed by atoms with Crippen molar-refractivity contribution in [2.75, 3.05) is 0 Å². The number of hydrogen-bond donors (Lipinski definition) is 1. The van der Waals surface area contributed by atoms with Gasteiger partial charge in [-0.05, 0) is 50.7 Å². The summed E-state index contributed by atoms with van der Waals surface area (Å²) in [4.78, 5) is 48.5. The van der Waals surface area contributed by atoms with Crippen LogP contribution >= 0.6 is 0 Å². The zero-order valence-electron chi connectivity index (χ0n) is 18.1. The molecule has 29 heavy (non-hydrogen) atoms. The van der Waals surface area contributed by atoms with Crippen molar-refractivity contribution in [1.29, 1.82) is 0 Å². The minimum absolute atomic E-state index is 0.0613. The minimum Gasteiger partial charge on any atom is -0.352 e. The van der Waals surface area contributed by atoms with Crippen LogP contribution in [0.4, 0.5) is 0 Å². The van der Waals surface area contributed by atoms with Gasteiger partial charge in [-0.25, -0.2) is 0 Å². The van der Waals surface area contributed by atoms with E-state index in [0.29, 0.717) is 25.0 Å². The summed E-state index contributed by atoms with van der Waals surface area (Å²) in [7, 11) is 0. The van der Waals surface area contributed by atoms with Gasteiger partial charge < -0.3 is 10.1 Å². The molecule has 5 nitrogen and oxygen atoms in total. The second-order valence-corrected chi connectivity index (χ2v) is 8.91. The highest BCUT2D eigenvalue weighted by Gasteiger charge is 2.64. The number of fused-ring (bicyclic) bond motifs is 1. The summed E-state index contributed by atoms with van der Waals surface area (Å²) in [5, 5.41) is 3.12. The molecule has 0 bridgehead atoms. The topological polar surface area (TPSA) is 80.3 Å². The van der Waals surface area contributed by atoms with Crippen molar-refractivity contribution in [1.82, 2.24) is 5.32 Å². The third-order valence-corrected chi connectivity index (χ3v) is 6.46. The van der Waals surface area contributed by atoms with Crippen molar-refractivity contribution < 1.29 is 19.2 Å². The summed E-state index contributed by atoms with van der Waals surface area (Å²) in [6, 6.07) is -0.0964. The van der Waals surface area contributed by atoms with Crippen LogP contribution in [0.2, 0.25) is 0 Å². The summed E-state index contributed by atoms with van der Waals surface area (Å²) >= 11 is 0. The number of rotatable bonds is 9. The lowest BCUT2D eigenvalue weighted by Gasteiger charge is -2.44. The maximum atomic E-state index is 13.4. The van der Waals surface area contributed by atoms with Gasteiger partial charge in [-0.2, -0.15) is 0 Å². The molecule has 158 valence electrons. The molecule has 0 radical (unpaired) electrons. The van der Waals surface area contributed by atoms with E-state index in [2.05, 4.69) is 33.0 Å². The average Bonchev–Trinajstić information content (AvgIpc) is 2.94. The number of amides is 1. The molecule has 1 heterocycles. The van der Waals surface area contributed by atoms with Crippen LogP contribution in [0.15, 0.2) is 35.5 Å². The maximum absolute atomic E-state index is 13.4. The average molecular weight is 400 g/mol. The third-order valence-electron chi connectivity index (χ3n) is 6.46. The Kier molecular flexibility index (Phi) is 7.50. The highest BCUT2D eigenvalue weighted by Crippen LogP contribution is 2.55. The van der Waals surface area contributed by atoms with E-state index in [1.807, 2.05) is 19.1 Å². The fourth-order valence-electron chi connectivity index (χ4n) is 5.09. The fourth-order valence-corrected chi connectivity index (χ4v) is 5.09. The first-order chi connectivity index (χ1) is 13.7. The van der Waals surface area contributed by atoms with E-state index in [1.54, 1.807) is 0 Å². The predicted molar refractivity (Wildman–Crippen MR) is 113 cm³/mol. The van der Waals surface area contributed by atoms with Crippen molar-refractivity contribution in [2.45, 2.75) is 59.9 Å². The van der Waals surface area contributed by atoms with Crippen molar-refractivity contribution >= 4 is 24.3 Å². The quantitative estimate of drug-likeness (QED) is 0.278. The Hall–Kier alpha value is -2.30. The standard InChI is InChI=1S/C24H33NO4/c1-15(2)12-20-22-18(5)17(4)14-19(13-16(3)8-6-10-26)24(22,23(29)25-20)21(28)9-7-11-27/h7,9-11,13-15,18-20,22H,6,8,12H2,1-5H3,(H,25,29). The van der Waals surface area contributed by atoms with E-state index in [0.717, 1.165) is 23.9 Å². The molecule has 2 aliphatic rings. The first-order valence-corrected chi connectivity index (χ1v) is 10.5. The second kappa shape index (κ2) is 9.47. The van der Waals surface area contributed by atoms with Gasteiger partial charge in [0.15, 0.2) is 5.78 Å². The van der Waals surface area contributed by atoms with Gasteiger partial charge >= 0.3 is 0 Å². The molecule has 1 N–H and O–H groups in total. The Morgan fingerprint density at radius 3 is 2.59 bits per heavy atom. The lowest BCUT2D eigenvalue weighted by molar-refractivity contribution is -0.142. The number of hydrogen-bond acceptors (Lipinski definition) is 4. The van der Waals surface area contributed by atoms with Crippen LogP contribution in [0.3, 0.4) is 0 Å². The molecule has 0 aromatic carbocycles. The second-order valence-electron chi connectivity index (χ2n) is 8.91. The summed E-state index contributed by atoms with van der Waals surface area (Å²) in [5.74, 6) is -0.737. The molecule has 1 aliphatic carbocycles. The van der Waals surface area contributed by atoms with Gasteiger partial charge in [-0.3, -0.25) is 14.4 Å². The minimum atomic E-state index is -1.26. The molecule has 0 spiro atoms. The Bertz CT molecular complexity index is 761. The highest BCUT2D eigenvalue weighted by molar-refractivity contribution is 6.14. The molecule has 1 amide bonds. The first kappa shape index (κ1) is 23.0. The van der Waals surface area contributed by atoms with Crippen LogP contribution in [0.1, 0.15) is 53.9 Å². The van der Waals surface area contributed by atoms with Crippen molar-refractivity contribution in [2.24, 2.45) is 29.1 Å². The summed E-state index contributed by atoms with van der Waals surface area (Å²) in [5.41, 5.74) is 0.874. The fraction of sp³-hybridized carbons (Fsp3) is 0.583. The van der Waals surface area contributed by atoms with Crippen LogP contribution in [0.5, 0.6) is 0 Å². The van der Waals surface area contributed by atoms with Crippen LogP contribution in [-0.2, 0) is 19.2 Å². The first-order valence-electron chi connectivity index (χ1n) is 10.5. The number of carbonyl (C=O) groups is 4. The monoisotopic (exact) mass is 399 g/mol. The Morgan fingerprint density at radius 2 is 2.00 bits per heavy atom. The summed E-state index contributed by atoms with van der Waals surface area (Å²) in [6.45, 7) is 10.3. The van der Waals surface area contributed by atoms with Crippen molar-refractivity contribution in [3.8, 4) is 0 Å². The number of allylic oxidation sites excluding steroid dienone is 6. The Balaban J connectivity index is 2.66. The SMILES string of the molecule is CC(=CC1C=C(C)C(C)C2C(CC(C)C)NC(=O)C12C(=O)C=CC=O)CCC=O. The van der Waals surface area contributed by atoms with E-state index in [4.69, 9.17) is 0 Å². The smallest absolute Gasteiger partial charge is 0.235 e.